The molecule has 1 unspecified atom stereocenters. The van der Waals surface area contributed by atoms with Crippen molar-refractivity contribution in [3.8, 4) is 0 Å². The molecule has 0 saturated carbocycles. The number of rotatable bonds is 21. The summed E-state index contributed by atoms with van der Waals surface area (Å²) in [5.41, 5.74) is -1.69. The Morgan fingerprint density at radius 1 is 0.647 bits per heavy atom. The summed E-state index contributed by atoms with van der Waals surface area (Å²) in [5, 5.41) is 0. The monoisotopic (exact) mass is 494 g/mol. The molecule has 0 fully saturated rings. The van der Waals surface area contributed by atoms with Crippen molar-refractivity contribution in [3.63, 3.8) is 0 Å². The molecule has 202 valence electrons. The van der Waals surface area contributed by atoms with Crippen LogP contribution in [0.25, 0.3) is 0 Å². The Kier molecular flexibility index (Phi) is 18.3. The van der Waals surface area contributed by atoms with Gasteiger partial charge < -0.3 is 9.47 Å². The second kappa shape index (κ2) is 19.0. The van der Waals surface area contributed by atoms with E-state index in [1.54, 1.807) is 13.8 Å². The molecule has 0 aliphatic rings. The molecule has 0 rings (SSSR count). The van der Waals surface area contributed by atoms with E-state index in [0.717, 1.165) is 26.2 Å². The summed E-state index contributed by atoms with van der Waals surface area (Å²) < 4.78 is 48.0. The summed E-state index contributed by atoms with van der Waals surface area (Å²) in [4.78, 5) is 24.9. The summed E-state index contributed by atoms with van der Waals surface area (Å²) in [6, 6.07) is 0. The third kappa shape index (κ3) is 13.6. The van der Waals surface area contributed by atoms with Gasteiger partial charge in [0.15, 0.2) is 11.5 Å². The van der Waals surface area contributed by atoms with E-state index in [0.29, 0.717) is 6.42 Å². The van der Waals surface area contributed by atoms with Crippen LogP contribution >= 0.6 is 0 Å². The van der Waals surface area contributed by atoms with E-state index in [9.17, 15) is 22.8 Å². The number of halogens is 3. The average Bonchev–Trinajstić information content (AvgIpc) is 2.79. The van der Waals surface area contributed by atoms with Crippen molar-refractivity contribution in [2.75, 3.05) is 6.61 Å². The highest BCUT2D eigenvalue weighted by atomic mass is 19.4. The van der Waals surface area contributed by atoms with Crippen LogP contribution in [0, 0.1) is 5.41 Å². The van der Waals surface area contributed by atoms with Gasteiger partial charge in [-0.05, 0) is 26.2 Å². The molecule has 7 heteroatoms. The number of ether oxygens (including phenoxy) is 2. The zero-order valence-corrected chi connectivity index (χ0v) is 22.1. The van der Waals surface area contributed by atoms with Crippen LogP contribution < -0.4 is 0 Å². The van der Waals surface area contributed by atoms with Gasteiger partial charge in [0.2, 0.25) is 0 Å². The van der Waals surface area contributed by atoms with E-state index in [2.05, 4.69) is 11.7 Å². The van der Waals surface area contributed by atoms with Crippen LogP contribution in [0.3, 0.4) is 0 Å². The highest BCUT2D eigenvalue weighted by molar-refractivity contribution is 6.00. The molecule has 0 aromatic heterocycles. The number of hydrogen-bond donors (Lipinski definition) is 0. The number of alkyl halides is 3. The lowest BCUT2D eigenvalue weighted by Gasteiger charge is -2.29. The van der Waals surface area contributed by atoms with Gasteiger partial charge in [0.1, 0.15) is 0 Å². The van der Waals surface area contributed by atoms with E-state index in [4.69, 9.17) is 4.74 Å². The molecule has 0 radical (unpaired) electrons. The topological polar surface area (TPSA) is 52.6 Å². The SMILES string of the molecule is CCCCCCCCCCCCCCCCCOC(=O)C(CC)(CC)C(=O)OC(C)C(F)(F)F. The maximum absolute atomic E-state index is 12.7. The molecule has 4 nitrogen and oxygen atoms in total. The fourth-order valence-electron chi connectivity index (χ4n) is 4.03. The number of carbonyl (C=O) groups is 2. The van der Waals surface area contributed by atoms with Crippen molar-refractivity contribution < 1.29 is 32.2 Å². The Bertz CT molecular complexity index is 530. The molecule has 0 bridgehead atoms. The molecule has 0 aliphatic heterocycles. The molecule has 0 aliphatic carbocycles. The van der Waals surface area contributed by atoms with Crippen molar-refractivity contribution in [3.05, 3.63) is 0 Å². The van der Waals surface area contributed by atoms with Crippen LogP contribution in [-0.4, -0.2) is 30.8 Å². The molecule has 0 aromatic carbocycles. The molecule has 34 heavy (non-hydrogen) atoms. The van der Waals surface area contributed by atoms with Crippen LogP contribution in [-0.2, 0) is 19.1 Å². The van der Waals surface area contributed by atoms with Crippen LogP contribution in [0.5, 0.6) is 0 Å². The normalized spacial score (nSPS) is 13.0. The third-order valence-electron chi connectivity index (χ3n) is 6.71. The number of hydrogen-bond acceptors (Lipinski definition) is 4. The van der Waals surface area contributed by atoms with Crippen molar-refractivity contribution in [1.29, 1.82) is 0 Å². The molecule has 0 saturated heterocycles. The third-order valence-corrected chi connectivity index (χ3v) is 6.71. The largest absolute Gasteiger partial charge is 0.465 e. The summed E-state index contributed by atoms with van der Waals surface area (Å²) in [6.45, 7) is 6.33. The van der Waals surface area contributed by atoms with Crippen molar-refractivity contribution >= 4 is 11.9 Å². The van der Waals surface area contributed by atoms with Gasteiger partial charge in [-0.3, -0.25) is 9.59 Å². The predicted molar refractivity (Wildman–Crippen MR) is 131 cm³/mol. The van der Waals surface area contributed by atoms with E-state index in [-0.39, 0.29) is 19.4 Å². The van der Waals surface area contributed by atoms with Gasteiger partial charge in [-0.15, -0.1) is 0 Å². The van der Waals surface area contributed by atoms with E-state index in [1.807, 2.05) is 0 Å². The van der Waals surface area contributed by atoms with Gasteiger partial charge >= 0.3 is 18.1 Å². The van der Waals surface area contributed by atoms with Gasteiger partial charge in [0.05, 0.1) is 6.61 Å². The summed E-state index contributed by atoms with van der Waals surface area (Å²) in [5.74, 6) is -1.95. The van der Waals surface area contributed by atoms with Crippen molar-refractivity contribution in [2.45, 2.75) is 149 Å². The number of carbonyl (C=O) groups excluding carboxylic acids is 2. The summed E-state index contributed by atoms with van der Waals surface area (Å²) in [6.07, 6.45) is 11.5. The first-order chi connectivity index (χ1) is 16.2. The van der Waals surface area contributed by atoms with Crippen LogP contribution in [0.4, 0.5) is 13.2 Å². The smallest absolute Gasteiger partial charge is 0.425 e. The molecular weight excluding hydrogens is 445 g/mol. The van der Waals surface area contributed by atoms with Gasteiger partial charge in [-0.25, -0.2) is 0 Å². The minimum absolute atomic E-state index is 0.0323. The highest BCUT2D eigenvalue weighted by Crippen LogP contribution is 2.33. The number of esters is 2. The minimum Gasteiger partial charge on any atom is -0.465 e. The van der Waals surface area contributed by atoms with Crippen molar-refractivity contribution in [2.24, 2.45) is 5.41 Å². The Balaban J connectivity index is 3.94. The molecule has 0 spiro atoms. The zero-order chi connectivity index (χ0) is 25.9. The van der Waals surface area contributed by atoms with E-state index < -0.39 is 29.6 Å². The molecule has 1 atom stereocenters. The average molecular weight is 495 g/mol. The molecule has 0 aromatic rings. The van der Waals surface area contributed by atoms with Gasteiger partial charge in [-0.2, -0.15) is 13.2 Å². The first-order valence-electron chi connectivity index (χ1n) is 13.6. The zero-order valence-electron chi connectivity index (χ0n) is 22.1. The van der Waals surface area contributed by atoms with Crippen molar-refractivity contribution in [1.82, 2.24) is 0 Å². The molecule has 0 amide bonds. The lowest BCUT2D eigenvalue weighted by Crippen LogP contribution is -2.44. The molecular formula is C27H49F3O4. The molecule has 0 N–H and O–H groups in total. The Labute approximate surface area is 205 Å². The first-order valence-corrected chi connectivity index (χ1v) is 13.6. The highest BCUT2D eigenvalue weighted by Gasteiger charge is 2.49. The molecule has 0 heterocycles. The first kappa shape index (κ1) is 32.7. The van der Waals surface area contributed by atoms with Crippen LogP contribution in [0.2, 0.25) is 0 Å². The fourth-order valence-corrected chi connectivity index (χ4v) is 4.03. The Morgan fingerprint density at radius 3 is 1.38 bits per heavy atom. The fraction of sp³-hybridized carbons (Fsp3) is 0.926. The maximum atomic E-state index is 12.7. The van der Waals surface area contributed by atoms with Gasteiger partial charge in [0.25, 0.3) is 0 Å². The lowest BCUT2D eigenvalue weighted by molar-refractivity contribution is -0.223. The van der Waals surface area contributed by atoms with Crippen LogP contribution in [0.15, 0.2) is 0 Å². The second-order valence-corrected chi connectivity index (χ2v) is 9.46. The standard InChI is InChI=1S/C27H49F3O4/c1-5-8-9-10-11-12-13-14-15-16-17-18-19-20-21-22-33-24(31)26(6-2,7-3)25(32)34-23(4)27(28,29)30/h23H,5-22H2,1-4H3. The Morgan fingerprint density at radius 2 is 1.03 bits per heavy atom. The summed E-state index contributed by atoms with van der Waals surface area (Å²) >= 11 is 0. The maximum Gasteiger partial charge on any atom is 0.425 e. The minimum atomic E-state index is -4.67. The van der Waals surface area contributed by atoms with Crippen LogP contribution in [0.1, 0.15) is 137 Å². The van der Waals surface area contributed by atoms with E-state index >= 15 is 0 Å². The second-order valence-electron chi connectivity index (χ2n) is 9.46. The quantitative estimate of drug-likeness (QED) is 0.0909. The number of unbranched alkanes of at least 4 members (excludes halogenated alkanes) is 14. The van der Waals surface area contributed by atoms with E-state index in [1.165, 1.54) is 70.6 Å². The lowest BCUT2D eigenvalue weighted by atomic mass is 9.82. The van der Waals surface area contributed by atoms with Gasteiger partial charge in [-0.1, -0.05) is 111 Å². The van der Waals surface area contributed by atoms with Gasteiger partial charge in [0, 0.05) is 0 Å². The Hall–Kier alpha value is -1.27. The predicted octanol–water partition coefficient (Wildman–Crippen LogP) is 8.70. The summed E-state index contributed by atoms with van der Waals surface area (Å²) in [7, 11) is 0.